The van der Waals surface area contributed by atoms with E-state index in [9.17, 15) is 5.11 Å². The third-order valence-electron chi connectivity index (χ3n) is 2.48. The van der Waals surface area contributed by atoms with Gasteiger partial charge in [0.1, 0.15) is 5.15 Å². The van der Waals surface area contributed by atoms with Gasteiger partial charge in [0.25, 0.3) is 0 Å². The largest absolute Gasteiger partial charge is 0.395 e. The Kier molecular flexibility index (Phi) is 2.17. The molecule has 0 saturated heterocycles. The molecule has 0 radical (unpaired) electrons. The van der Waals surface area contributed by atoms with Gasteiger partial charge in [-0.1, -0.05) is 11.6 Å². The fraction of sp³-hybridized carbons (Fsp3) is 0.625. The normalized spacial score (nSPS) is 28.2. The molecule has 4 nitrogen and oxygen atoms in total. The third kappa shape index (κ3) is 1.51. The first kappa shape index (κ1) is 8.84. The molecule has 3 N–H and O–H groups in total. The van der Waals surface area contributed by atoms with Crippen molar-refractivity contribution in [2.24, 2.45) is 0 Å². The fourth-order valence-electron chi connectivity index (χ4n) is 1.77. The molecule has 2 atom stereocenters. The monoisotopic (exact) mass is 201 g/mol. The molecule has 1 aliphatic carbocycles. The minimum atomic E-state index is -0.216. The van der Waals surface area contributed by atoms with Crippen LogP contribution in [0.1, 0.15) is 25.3 Å². The van der Waals surface area contributed by atoms with Gasteiger partial charge in [-0.25, -0.2) is 4.68 Å². The van der Waals surface area contributed by atoms with Crippen molar-refractivity contribution >= 4 is 17.3 Å². The first-order valence-electron chi connectivity index (χ1n) is 4.35. The Balaban J connectivity index is 2.21. The Morgan fingerprint density at radius 3 is 2.85 bits per heavy atom. The van der Waals surface area contributed by atoms with Crippen LogP contribution >= 0.6 is 11.6 Å². The van der Waals surface area contributed by atoms with Crippen LogP contribution in [0.4, 0.5) is 5.69 Å². The molecule has 0 aliphatic heterocycles. The number of nitrogen functional groups attached to an aromatic ring is 1. The SMILES string of the molecule is Nc1cnn(C2CCC(O)C2)c1Cl. The summed E-state index contributed by atoms with van der Waals surface area (Å²) in [5.74, 6) is 0. The summed E-state index contributed by atoms with van der Waals surface area (Å²) >= 11 is 5.93. The summed E-state index contributed by atoms with van der Waals surface area (Å²) in [6.07, 6.45) is 3.79. The molecule has 2 unspecified atom stereocenters. The molecule has 0 aromatic carbocycles. The summed E-state index contributed by atoms with van der Waals surface area (Å²) in [6.45, 7) is 0. The minimum Gasteiger partial charge on any atom is -0.395 e. The van der Waals surface area contributed by atoms with E-state index in [1.54, 1.807) is 10.9 Å². The fourth-order valence-corrected chi connectivity index (χ4v) is 2.00. The minimum absolute atomic E-state index is 0.208. The molecule has 0 bridgehead atoms. The van der Waals surface area contributed by atoms with Crippen molar-refractivity contribution in [1.82, 2.24) is 9.78 Å². The van der Waals surface area contributed by atoms with Gasteiger partial charge in [0.2, 0.25) is 0 Å². The van der Waals surface area contributed by atoms with E-state index in [-0.39, 0.29) is 12.1 Å². The van der Waals surface area contributed by atoms with Gasteiger partial charge in [0, 0.05) is 0 Å². The topological polar surface area (TPSA) is 64.1 Å². The number of nitrogens with zero attached hydrogens (tertiary/aromatic N) is 2. The zero-order valence-corrected chi connectivity index (χ0v) is 7.91. The number of nitrogens with two attached hydrogens (primary N) is 1. The second kappa shape index (κ2) is 3.20. The predicted molar refractivity (Wildman–Crippen MR) is 50.5 cm³/mol. The van der Waals surface area contributed by atoms with Crippen LogP contribution < -0.4 is 5.73 Å². The number of hydrogen-bond acceptors (Lipinski definition) is 3. The first-order chi connectivity index (χ1) is 6.18. The molecule has 1 aromatic heterocycles. The van der Waals surface area contributed by atoms with E-state index in [1.165, 1.54) is 0 Å². The molecule has 0 spiro atoms. The van der Waals surface area contributed by atoms with E-state index in [0.717, 1.165) is 19.3 Å². The Labute approximate surface area is 81.3 Å². The molecule has 1 saturated carbocycles. The maximum atomic E-state index is 9.34. The maximum Gasteiger partial charge on any atom is 0.150 e. The van der Waals surface area contributed by atoms with E-state index in [1.807, 2.05) is 0 Å². The summed E-state index contributed by atoms with van der Waals surface area (Å²) in [4.78, 5) is 0. The van der Waals surface area contributed by atoms with Gasteiger partial charge in [-0.2, -0.15) is 5.10 Å². The van der Waals surface area contributed by atoms with Crippen molar-refractivity contribution < 1.29 is 5.11 Å². The summed E-state index contributed by atoms with van der Waals surface area (Å²) in [5.41, 5.74) is 6.07. The molecule has 0 amide bonds. The van der Waals surface area contributed by atoms with Crippen molar-refractivity contribution in [2.75, 3.05) is 5.73 Å². The van der Waals surface area contributed by atoms with E-state index in [4.69, 9.17) is 17.3 Å². The zero-order valence-electron chi connectivity index (χ0n) is 7.15. The molecule has 13 heavy (non-hydrogen) atoms. The highest BCUT2D eigenvalue weighted by Gasteiger charge is 2.26. The number of aliphatic hydroxyl groups excluding tert-OH is 1. The standard InChI is InChI=1S/C8H12ClN3O/c9-8-7(10)4-11-12(8)5-1-2-6(13)3-5/h4-6,13H,1-3,10H2. The van der Waals surface area contributed by atoms with Crippen LogP contribution in [-0.2, 0) is 0 Å². The number of aliphatic hydroxyl groups is 1. The molecule has 1 heterocycles. The van der Waals surface area contributed by atoms with Crippen LogP contribution in [0.2, 0.25) is 5.15 Å². The van der Waals surface area contributed by atoms with Crippen LogP contribution in [0.25, 0.3) is 0 Å². The second-order valence-electron chi connectivity index (χ2n) is 3.46. The lowest BCUT2D eigenvalue weighted by atomic mass is 10.2. The van der Waals surface area contributed by atoms with Crippen molar-refractivity contribution in [3.05, 3.63) is 11.3 Å². The van der Waals surface area contributed by atoms with Crippen LogP contribution in [0, 0.1) is 0 Å². The van der Waals surface area contributed by atoms with E-state index >= 15 is 0 Å². The van der Waals surface area contributed by atoms with Crippen molar-refractivity contribution in [3.63, 3.8) is 0 Å². The van der Waals surface area contributed by atoms with Gasteiger partial charge >= 0.3 is 0 Å². The van der Waals surface area contributed by atoms with Crippen molar-refractivity contribution in [2.45, 2.75) is 31.4 Å². The Hall–Kier alpha value is -0.740. The van der Waals surface area contributed by atoms with Gasteiger partial charge in [0.05, 0.1) is 24.0 Å². The average molecular weight is 202 g/mol. The number of halogens is 1. The molecular formula is C8H12ClN3O. The lowest BCUT2D eigenvalue weighted by molar-refractivity contribution is 0.177. The van der Waals surface area contributed by atoms with Gasteiger partial charge < -0.3 is 10.8 Å². The Morgan fingerprint density at radius 2 is 2.38 bits per heavy atom. The lowest BCUT2D eigenvalue weighted by Crippen LogP contribution is -2.08. The molecule has 1 aliphatic rings. The Bertz CT molecular complexity index is 312. The van der Waals surface area contributed by atoms with E-state index in [2.05, 4.69) is 5.10 Å². The smallest absolute Gasteiger partial charge is 0.150 e. The number of hydrogen-bond donors (Lipinski definition) is 2. The molecule has 2 rings (SSSR count). The third-order valence-corrected chi connectivity index (χ3v) is 2.88. The molecule has 1 aromatic rings. The van der Waals surface area contributed by atoms with Gasteiger partial charge in [-0.05, 0) is 19.3 Å². The number of rotatable bonds is 1. The number of aromatic nitrogens is 2. The molecule has 1 fully saturated rings. The highest BCUT2D eigenvalue weighted by molar-refractivity contribution is 6.32. The summed E-state index contributed by atoms with van der Waals surface area (Å²) in [7, 11) is 0. The molecule has 5 heteroatoms. The highest BCUT2D eigenvalue weighted by Crippen LogP contribution is 2.33. The number of anilines is 1. The maximum absolute atomic E-state index is 9.34. The summed E-state index contributed by atoms with van der Waals surface area (Å²) in [5, 5.41) is 13.9. The summed E-state index contributed by atoms with van der Waals surface area (Å²) in [6, 6.07) is 0.208. The van der Waals surface area contributed by atoms with Gasteiger partial charge in [-0.3, -0.25) is 0 Å². The van der Waals surface area contributed by atoms with Gasteiger partial charge in [0.15, 0.2) is 0 Å². The molecular weight excluding hydrogens is 190 g/mol. The quantitative estimate of drug-likeness (QED) is 0.718. The van der Waals surface area contributed by atoms with Crippen LogP contribution in [0.15, 0.2) is 6.20 Å². The van der Waals surface area contributed by atoms with Crippen LogP contribution in [-0.4, -0.2) is 21.0 Å². The first-order valence-corrected chi connectivity index (χ1v) is 4.73. The second-order valence-corrected chi connectivity index (χ2v) is 3.81. The van der Waals surface area contributed by atoms with Gasteiger partial charge in [-0.15, -0.1) is 0 Å². The Morgan fingerprint density at radius 1 is 1.62 bits per heavy atom. The lowest BCUT2D eigenvalue weighted by Gasteiger charge is -2.10. The van der Waals surface area contributed by atoms with Crippen LogP contribution in [0.5, 0.6) is 0 Å². The highest BCUT2D eigenvalue weighted by atomic mass is 35.5. The van der Waals surface area contributed by atoms with Crippen LogP contribution in [0.3, 0.4) is 0 Å². The average Bonchev–Trinajstić information content (AvgIpc) is 2.62. The summed E-state index contributed by atoms with van der Waals surface area (Å²) < 4.78 is 1.70. The predicted octanol–water partition coefficient (Wildman–Crippen LogP) is 1.20. The van der Waals surface area contributed by atoms with E-state index < -0.39 is 0 Å². The molecule has 72 valence electrons. The van der Waals surface area contributed by atoms with E-state index in [0.29, 0.717) is 10.8 Å². The zero-order chi connectivity index (χ0) is 9.42. The van der Waals surface area contributed by atoms with Crippen molar-refractivity contribution in [3.8, 4) is 0 Å². The van der Waals surface area contributed by atoms with Crippen molar-refractivity contribution in [1.29, 1.82) is 0 Å².